The predicted molar refractivity (Wildman–Crippen MR) is 92.2 cm³/mol. The molecular formula is C15H18ClN5O2S. The third-order valence-electron chi connectivity index (χ3n) is 3.62. The normalized spacial score (nSPS) is 17.7. The Kier molecular flexibility index (Phi) is 5.95. The minimum absolute atomic E-state index is 0.0713. The first-order chi connectivity index (χ1) is 11.7. The van der Waals surface area contributed by atoms with Gasteiger partial charge in [-0.25, -0.2) is 4.79 Å². The number of carbonyl (C=O) groups is 1. The summed E-state index contributed by atoms with van der Waals surface area (Å²) in [6.45, 7) is 2.21. The lowest BCUT2D eigenvalue weighted by atomic mass is 10.1. The summed E-state index contributed by atoms with van der Waals surface area (Å²) in [6, 6.07) is 7.46. The molecule has 1 aromatic carbocycles. The van der Waals surface area contributed by atoms with Crippen molar-refractivity contribution in [2.24, 2.45) is 0 Å². The van der Waals surface area contributed by atoms with Crippen LogP contribution in [0.2, 0.25) is 5.02 Å². The van der Waals surface area contributed by atoms with Gasteiger partial charge in [0.1, 0.15) is 11.1 Å². The number of thioether (sulfide) groups is 1. The quantitative estimate of drug-likeness (QED) is 0.626. The zero-order chi connectivity index (χ0) is 16.8. The molecule has 1 saturated heterocycles. The Bertz CT molecular complexity index is 652. The predicted octanol–water partition coefficient (Wildman–Crippen LogP) is 2.33. The number of nitrogens with one attached hydrogen (secondary N) is 2. The van der Waals surface area contributed by atoms with Crippen molar-refractivity contribution in [2.75, 3.05) is 32.0 Å². The third kappa shape index (κ3) is 4.62. The molecule has 0 spiro atoms. The van der Waals surface area contributed by atoms with E-state index in [0.717, 1.165) is 16.3 Å². The maximum Gasteiger partial charge on any atom is 0.317 e. The van der Waals surface area contributed by atoms with Crippen LogP contribution in [0.3, 0.4) is 0 Å². The average molecular weight is 368 g/mol. The summed E-state index contributed by atoms with van der Waals surface area (Å²) in [4.78, 5) is 14.1. The molecule has 1 unspecified atom stereocenters. The van der Waals surface area contributed by atoms with Crippen LogP contribution >= 0.6 is 23.4 Å². The van der Waals surface area contributed by atoms with Crippen LogP contribution in [0.25, 0.3) is 0 Å². The molecule has 1 atom stereocenters. The molecule has 3 rings (SSSR count). The molecule has 128 valence electrons. The number of carbonyl (C=O) groups excluding carboxylic acids is 1. The SMILES string of the molecule is O=C(NCCSc1cn[nH]n1)N1CCOC(c2ccc(Cl)cc2)C1. The number of morpholine rings is 1. The fraction of sp³-hybridized carbons (Fsp3) is 0.400. The second-order valence-electron chi connectivity index (χ2n) is 5.25. The van der Waals surface area contributed by atoms with Crippen molar-refractivity contribution in [3.63, 3.8) is 0 Å². The summed E-state index contributed by atoms with van der Waals surface area (Å²) in [5.74, 6) is 0.739. The number of hydrogen-bond acceptors (Lipinski definition) is 5. The van der Waals surface area contributed by atoms with Gasteiger partial charge in [-0.1, -0.05) is 23.7 Å². The first-order valence-corrected chi connectivity index (χ1v) is 8.97. The van der Waals surface area contributed by atoms with Crippen molar-refractivity contribution in [3.8, 4) is 0 Å². The molecule has 7 nitrogen and oxygen atoms in total. The number of benzene rings is 1. The van der Waals surface area contributed by atoms with E-state index in [9.17, 15) is 4.79 Å². The van der Waals surface area contributed by atoms with E-state index in [1.54, 1.807) is 11.1 Å². The molecule has 1 aromatic heterocycles. The van der Waals surface area contributed by atoms with Gasteiger partial charge in [-0.15, -0.1) is 16.9 Å². The molecule has 0 saturated carbocycles. The highest BCUT2D eigenvalue weighted by Crippen LogP contribution is 2.23. The first kappa shape index (κ1) is 17.1. The molecule has 2 aromatic rings. The average Bonchev–Trinajstić information content (AvgIpc) is 3.13. The smallest absolute Gasteiger partial charge is 0.317 e. The lowest BCUT2D eigenvalue weighted by Gasteiger charge is -2.33. The maximum absolute atomic E-state index is 12.3. The minimum Gasteiger partial charge on any atom is -0.370 e. The fourth-order valence-electron chi connectivity index (χ4n) is 2.40. The van der Waals surface area contributed by atoms with Gasteiger partial charge in [-0.2, -0.15) is 10.3 Å². The van der Waals surface area contributed by atoms with Gasteiger partial charge < -0.3 is 15.0 Å². The van der Waals surface area contributed by atoms with Crippen LogP contribution in [-0.4, -0.2) is 58.3 Å². The highest BCUT2D eigenvalue weighted by molar-refractivity contribution is 7.99. The van der Waals surface area contributed by atoms with Crippen LogP contribution < -0.4 is 5.32 Å². The summed E-state index contributed by atoms with van der Waals surface area (Å²) < 4.78 is 5.77. The number of amides is 2. The lowest BCUT2D eigenvalue weighted by Crippen LogP contribution is -2.47. The number of aromatic amines is 1. The Labute approximate surface area is 149 Å². The van der Waals surface area contributed by atoms with Gasteiger partial charge in [0.05, 0.1) is 19.3 Å². The Hall–Kier alpha value is -1.77. The maximum atomic E-state index is 12.3. The van der Waals surface area contributed by atoms with E-state index in [4.69, 9.17) is 16.3 Å². The molecule has 0 bridgehead atoms. The number of ether oxygens (including phenoxy) is 1. The van der Waals surface area contributed by atoms with Crippen LogP contribution in [0.1, 0.15) is 11.7 Å². The van der Waals surface area contributed by atoms with Crippen molar-refractivity contribution >= 4 is 29.4 Å². The second-order valence-corrected chi connectivity index (χ2v) is 6.80. The van der Waals surface area contributed by atoms with Crippen molar-refractivity contribution in [2.45, 2.75) is 11.1 Å². The van der Waals surface area contributed by atoms with E-state index in [2.05, 4.69) is 20.7 Å². The molecule has 1 fully saturated rings. The number of urea groups is 1. The van der Waals surface area contributed by atoms with E-state index in [-0.39, 0.29) is 12.1 Å². The summed E-state index contributed by atoms with van der Waals surface area (Å²) >= 11 is 7.45. The largest absolute Gasteiger partial charge is 0.370 e. The molecule has 9 heteroatoms. The van der Waals surface area contributed by atoms with Crippen molar-refractivity contribution in [1.82, 2.24) is 25.6 Å². The zero-order valence-corrected chi connectivity index (χ0v) is 14.5. The molecule has 0 radical (unpaired) electrons. The summed E-state index contributed by atoms with van der Waals surface area (Å²) in [5, 5.41) is 14.7. The number of hydrogen-bond donors (Lipinski definition) is 2. The molecule has 24 heavy (non-hydrogen) atoms. The van der Waals surface area contributed by atoms with E-state index in [1.165, 1.54) is 11.8 Å². The van der Waals surface area contributed by atoms with Crippen LogP contribution in [0.4, 0.5) is 4.79 Å². The van der Waals surface area contributed by atoms with E-state index >= 15 is 0 Å². The van der Waals surface area contributed by atoms with E-state index in [1.807, 2.05) is 24.3 Å². The number of rotatable bonds is 5. The molecule has 0 aliphatic carbocycles. The van der Waals surface area contributed by atoms with Gasteiger partial charge in [-0.05, 0) is 17.7 Å². The highest BCUT2D eigenvalue weighted by Gasteiger charge is 2.25. The van der Waals surface area contributed by atoms with Crippen LogP contribution in [-0.2, 0) is 4.74 Å². The second kappa shape index (κ2) is 8.36. The number of halogens is 1. The minimum atomic E-state index is -0.119. The zero-order valence-electron chi connectivity index (χ0n) is 12.9. The Morgan fingerprint density at radius 3 is 3.04 bits per heavy atom. The summed E-state index contributed by atoms with van der Waals surface area (Å²) in [7, 11) is 0. The van der Waals surface area contributed by atoms with Gasteiger partial charge >= 0.3 is 6.03 Å². The lowest BCUT2D eigenvalue weighted by molar-refractivity contribution is -0.0153. The van der Waals surface area contributed by atoms with Crippen LogP contribution in [0, 0.1) is 0 Å². The molecule has 2 amide bonds. The summed E-state index contributed by atoms with van der Waals surface area (Å²) in [5.41, 5.74) is 1.03. The molecule has 1 aliphatic rings. The Balaban J connectivity index is 1.45. The van der Waals surface area contributed by atoms with E-state index in [0.29, 0.717) is 31.3 Å². The Morgan fingerprint density at radius 2 is 2.29 bits per heavy atom. The Morgan fingerprint density at radius 1 is 1.46 bits per heavy atom. The van der Waals surface area contributed by atoms with E-state index < -0.39 is 0 Å². The van der Waals surface area contributed by atoms with Gasteiger partial charge in [0.15, 0.2) is 0 Å². The standard InChI is InChI=1S/C15H18ClN5O2S/c16-12-3-1-11(2-4-12)13-10-21(6-7-23-13)15(22)17-5-8-24-14-9-18-20-19-14/h1-4,9,13H,5-8,10H2,(H,17,22)(H,18,19,20). The number of H-pyrrole nitrogens is 1. The molecule has 2 N–H and O–H groups in total. The monoisotopic (exact) mass is 367 g/mol. The van der Waals surface area contributed by atoms with Crippen molar-refractivity contribution in [3.05, 3.63) is 41.0 Å². The third-order valence-corrected chi connectivity index (χ3v) is 4.77. The van der Waals surface area contributed by atoms with Crippen LogP contribution in [0.5, 0.6) is 0 Å². The summed E-state index contributed by atoms with van der Waals surface area (Å²) in [6.07, 6.45) is 1.54. The number of aromatic nitrogens is 3. The van der Waals surface area contributed by atoms with Gasteiger partial charge in [0.25, 0.3) is 0 Å². The van der Waals surface area contributed by atoms with Crippen molar-refractivity contribution in [1.29, 1.82) is 0 Å². The molecule has 1 aliphatic heterocycles. The van der Waals surface area contributed by atoms with Crippen LogP contribution in [0.15, 0.2) is 35.5 Å². The molecule has 2 heterocycles. The first-order valence-electron chi connectivity index (χ1n) is 7.61. The molecular weight excluding hydrogens is 350 g/mol. The number of nitrogens with zero attached hydrogens (tertiary/aromatic N) is 3. The van der Waals surface area contributed by atoms with Crippen molar-refractivity contribution < 1.29 is 9.53 Å². The van der Waals surface area contributed by atoms with Gasteiger partial charge in [0.2, 0.25) is 0 Å². The fourth-order valence-corrected chi connectivity index (χ4v) is 3.17. The topological polar surface area (TPSA) is 83.1 Å². The van der Waals surface area contributed by atoms with Gasteiger partial charge in [0, 0.05) is 23.9 Å². The highest BCUT2D eigenvalue weighted by atomic mass is 35.5. The van der Waals surface area contributed by atoms with Gasteiger partial charge in [-0.3, -0.25) is 0 Å².